The molecule has 0 spiro atoms. The molecule has 4 heteroatoms. The Balaban J connectivity index is 2.08. The van der Waals surface area contributed by atoms with Crippen LogP contribution in [0.5, 0.6) is 0 Å². The minimum absolute atomic E-state index is 0.361. The van der Waals surface area contributed by atoms with Gasteiger partial charge in [-0.2, -0.15) is 0 Å². The topological polar surface area (TPSA) is 26.0 Å². The Morgan fingerprint density at radius 3 is 1.80 bits per heavy atom. The summed E-state index contributed by atoms with van der Waals surface area (Å²) in [7, 11) is 5.19. The van der Waals surface area contributed by atoms with E-state index in [1.807, 2.05) is 0 Å². The van der Waals surface area contributed by atoms with Crippen LogP contribution >= 0.6 is 31.4 Å². The maximum absolute atomic E-state index is 5.28. The van der Waals surface area contributed by atoms with Gasteiger partial charge in [0.25, 0.3) is 0 Å². The second-order valence-electron chi connectivity index (χ2n) is 0.629. The van der Waals surface area contributed by atoms with Crippen molar-refractivity contribution in [2.75, 3.05) is 0 Å². The average molecular weight is 125 g/mol. The van der Waals surface area contributed by atoms with Crippen LogP contribution in [0.25, 0.3) is 0 Å². The van der Waals surface area contributed by atoms with E-state index in [1.165, 1.54) is 0 Å². The first-order valence-corrected chi connectivity index (χ1v) is 4.75. The summed E-state index contributed by atoms with van der Waals surface area (Å²) < 4.78 is 0.361. The van der Waals surface area contributed by atoms with E-state index in [1.54, 1.807) is 31.4 Å². The van der Waals surface area contributed by atoms with E-state index < -0.39 is 0 Å². The largest absolute Gasteiger partial charge is 0.310 e. The van der Waals surface area contributed by atoms with Gasteiger partial charge >= 0.3 is 0 Å². The molecule has 0 atom stereocenters. The Morgan fingerprint density at radius 1 is 1.40 bits per heavy atom. The van der Waals surface area contributed by atoms with E-state index in [0.29, 0.717) is 4.71 Å². The summed E-state index contributed by atoms with van der Waals surface area (Å²) in [6.07, 6.45) is 0. The lowest BCUT2D eigenvalue weighted by Crippen LogP contribution is -2.11. The number of rotatable bonds is 0. The molecule has 5 heavy (non-hydrogen) atoms. The van der Waals surface area contributed by atoms with Crippen LogP contribution in [0.3, 0.4) is 0 Å². The van der Waals surface area contributed by atoms with Crippen molar-refractivity contribution in [3.05, 3.63) is 0 Å². The molecule has 0 aromatic carbocycles. The molecule has 0 saturated carbocycles. The molecule has 1 heterocycles. The highest BCUT2D eigenvalue weighted by Crippen LogP contribution is 2.53. The highest BCUT2D eigenvalue weighted by Gasteiger charge is 2.13. The van der Waals surface area contributed by atoms with Gasteiger partial charge in [0.2, 0.25) is 0 Å². The van der Waals surface area contributed by atoms with E-state index in [9.17, 15) is 0 Å². The highest BCUT2D eigenvalue weighted by atomic mass is 33.5. The average Bonchev–Trinajstić information content (AvgIpc) is 1.30. The summed E-state index contributed by atoms with van der Waals surface area (Å²) in [6.45, 7) is 0. The Hall–Kier alpha value is 1.01. The van der Waals surface area contributed by atoms with Gasteiger partial charge < -0.3 is 5.73 Å². The van der Waals surface area contributed by atoms with E-state index >= 15 is 0 Å². The summed E-state index contributed by atoms with van der Waals surface area (Å²) in [6, 6.07) is 0. The number of hydrogen-bond acceptors (Lipinski definition) is 4. The normalized spacial score (nSPS) is 25.8. The summed E-state index contributed by atoms with van der Waals surface area (Å²) in [5.74, 6) is 0. The fraction of sp³-hybridized carbons (Fsp3) is 1.00. The smallest absolute Gasteiger partial charge is 0.120 e. The minimum atomic E-state index is 0.361. The third kappa shape index (κ3) is 0.924. The maximum Gasteiger partial charge on any atom is 0.120 e. The van der Waals surface area contributed by atoms with Gasteiger partial charge in [0.1, 0.15) is 4.71 Å². The lowest BCUT2D eigenvalue weighted by molar-refractivity contribution is 1.33. The molecular weight excluding hydrogens is 122 g/mol. The van der Waals surface area contributed by atoms with Crippen molar-refractivity contribution >= 4 is 31.4 Å². The van der Waals surface area contributed by atoms with Crippen LogP contribution in [-0.2, 0) is 0 Å². The predicted octanol–water partition coefficient (Wildman–Crippen LogP) is 1.27. The molecule has 1 fully saturated rings. The van der Waals surface area contributed by atoms with E-state index in [2.05, 4.69) is 0 Å². The van der Waals surface area contributed by atoms with Gasteiger partial charge in [0, 0.05) is 0 Å². The fourth-order valence-electron chi connectivity index (χ4n) is 0.0846. The standard InChI is InChI=1S/CH3NS3/c2-1-3-5-4-1/h1H,2H2. The maximum atomic E-state index is 5.28. The molecule has 1 rings (SSSR count). The van der Waals surface area contributed by atoms with Crippen LogP contribution in [0.1, 0.15) is 0 Å². The Morgan fingerprint density at radius 2 is 1.80 bits per heavy atom. The van der Waals surface area contributed by atoms with Crippen LogP contribution in [0.2, 0.25) is 0 Å². The zero-order chi connectivity index (χ0) is 3.70. The zero-order valence-electron chi connectivity index (χ0n) is 2.38. The van der Waals surface area contributed by atoms with Gasteiger partial charge in [-0.1, -0.05) is 21.6 Å². The third-order valence-electron chi connectivity index (χ3n) is 0.268. The van der Waals surface area contributed by atoms with Crippen molar-refractivity contribution in [1.82, 2.24) is 0 Å². The molecule has 0 aromatic heterocycles. The zero-order valence-corrected chi connectivity index (χ0v) is 4.83. The van der Waals surface area contributed by atoms with E-state index in [0.717, 1.165) is 0 Å². The second-order valence-corrected chi connectivity index (χ2v) is 5.25. The van der Waals surface area contributed by atoms with Crippen molar-refractivity contribution in [2.45, 2.75) is 4.71 Å². The van der Waals surface area contributed by atoms with Gasteiger partial charge in [-0.25, -0.2) is 0 Å². The van der Waals surface area contributed by atoms with Crippen LogP contribution in [0, 0.1) is 0 Å². The van der Waals surface area contributed by atoms with Crippen LogP contribution in [0.15, 0.2) is 0 Å². The van der Waals surface area contributed by atoms with Crippen molar-refractivity contribution in [1.29, 1.82) is 0 Å². The predicted molar refractivity (Wildman–Crippen MR) is 30.7 cm³/mol. The van der Waals surface area contributed by atoms with Crippen LogP contribution < -0.4 is 5.73 Å². The molecular formula is CH3NS3. The molecule has 0 aromatic rings. The SMILES string of the molecule is NC1SSS1. The fourth-order valence-corrected chi connectivity index (χ4v) is 2.29. The van der Waals surface area contributed by atoms with Gasteiger partial charge in [0.05, 0.1) is 0 Å². The molecule has 1 saturated heterocycles. The number of hydrogen-bond donors (Lipinski definition) is 1. The second kappa shape index (κ2) is 1.64. The first-order valence-electron chi connectivity index (χ1n) is 1.14. The van der Waals surface area contributed by atoms with Gasteiger partial charge in [-0.3, -0.25) is 0 Å². The molecule has 1 aliphatic rings. The first kappa shape index (κ1) is 4.18. The lowest BCUT2D eigenvalue weighted by atomic mass is 11.5. The van der Waals surface area contributed by atoms with Crippen molar-refractivity contribution in [3.8, 4) is 0 Å². The third-order valence-corrected chi connectivity index (χ3v) is 5.24. The highest BCUT2D eigenvalue weighted by molar-refractivity contribution is 9.17. The quantitative estimate of drug-likeness (QED) is 0.493. The van der Waals surface area contributed by atoms with Crippen molar-refractivity contribution < 1.29 is 0 Å². The van der Waals surface area contributed by atoms with Crippen LogP contribution in [-0.4, -0.2) is 4.71 Å². The van der Waals surface area contributed by atoms with Crippen molar-refractivity contribution in [2.24, 2.45) is 5.73 Å². The molecule has 0 amide bonds. The van der Waals surface area contributed by atoms with Gasteiger partial charge in [-0.15, -0.1) is 0 Å². The minimum Gasteiger partial charge on any atom is -0.310 e. The van der Waals surface area contributed by atoms with Crippen molar-refractivity contribution in [3.63, 3.8) is 0 Å². The molecule has 0 radical (unpaired) electrons. The molecule has 30 valence electrons. The molecule has 0 bridgehead atoms. The summed E-state index contributed by atoms with van der Waals surface area (Å²) in [5, 5.41) is 0. The Bertz CT molecular complexity index is 33.9. The molecule has 0 aliphatic carbocycles. The molecule has 1 aliphatic heterocycles. The number of nitrogens with two attached hydrogens (primary N) is 1. The van der Waals surface area contributed by atoms with E-state index in [4.69, 9.17) is 5.73 Å². The van der Waals surface area contributed by atoms with Gasteiger partial charge in [-0.05, 0) is 9.83 Å². The summed E-state index contributed by atoms with van der Waals surface area (Å²) in [5.41, 5.74) is 5.28. The lowest BCUT2D eigenvalue weighted by Gasteiger charge is -2.15. The molecule has 2 N–H and O–H groups in total. The summed E-state index contributed by atoms with van der Waals surface area (Å²) in [4.78, 5) is 0. The van der Waals surface area contributed by atoms with Crippen LogP contribution in [0.4, 0.5) is 0 Å². The monoisotopic (exact) mass is 125 g/mol. The molecule has 0 unspecified atom stereocenters. The van der Waals surface area contributed by atoms with E-state index in [-0.39, 0.29) is 0 Å². The molecule has 1 nitrogen and oxygen atoms in total. The first-order chi connectivity index (χ1) is 2.39. The Kier molecular flexibility index (Phi) is 1.37. The Labute approximate surface area is 42.2 Å². The summed E-state index contributed by atoms with van der Waals surface area (Å²) >= 11 is 0. The van der Waals surface area contributed by atoms with Gasteiger partial charge in [0.15, 0.2) is 0 Å².